The summed E-state index contributed by atoms with van der Waals surface area (Å²) in [6.07, 6.45) is 0.218. The normalized spacial score (nSPS) is 10.8. The second-order valence-corrected chi connectivity index (χ2v) is 6.69. The van der Waals surface area contributed by atoms with Gasteiger partial charge in [0.2, 0.25) is 11.8 Å². The summed E-state index contributed by atoms with van der Waals surface area (Å²) < 4.78 is 11.1. The number of rotatable bonds is 5. The molecule has 5 nitrogen and oxygen atoms in total. The lowest BCUT2D eigenvalue weighted by Crippen LogP contribution is -2.14. The number of ether oxygens (including phenoxy) is 1. The fourth-order valence-corrected chi connectivity index (χ4v) is 3.15. The highest BCUT2D eigenvalue weighted by Crippen LogP contribution is 2.28. The van der Waals surface area contributed by atoms with Crippen molar-refractivity contribution in [1.82, 2.24) is 4.98 Å². The van der Waals surface area contributed by atoms with Gasteiger partial charge in [0.05, 0.1) is 13.5 Å². The fraction of sp³-hybridized carbons (Fsp3) is 0.0909. The maximum absolute atomic E-state index is 12.5. The van der Waals surface area contributed by atoms with E-state index in [-0.39, 0.29) is 12.3 Å². The minimum atomic E-state index is -0.133. The van der Waals surface area contributed by atoms with Crippen LogP contribution in [0.15, 0.2) is 71.1 Å². The van der Waals surface area contributed by atoms with Crippen molar-refractivity contribution in [1.29, 1.82) is 0 Å². The fourth-order valence-electron chi connectivity index (χ4n) is 2.98. The maximum Gasteiger partial charge on any atom is 0.228 e. The van der Waals surface area contributed by atoms with Crippen molar-refractivity contribution in [3.63, 3.8) is 0 Å². The summed E-state index contributed by atoms with van der Waals surface area (Å²) in [7, 11) is 1.59. The number of methoxy groups -OCH3 is 1. The van der Waals surface area contributed by atoms with Crippen LogP contribution in [-0.4, -0.2) is 18.0 Å². The average Bonchev–Trinajstić information content (AvgIpc) is 3.12. The van der Waals surface area contributed by atoms with Crippen molar-refractivity contribution in [2.24, 2.45) is 0 Å². The minimum absolute atomic E-state index is 0.133. The molecule has 0 radical (unpaired) electrons. The van der Waals surface area contributed by atoms with Crippen molar-refractivity contribution in [3.8, 4) is 17.2 Å². The third kappa shape index (κ3) is 3.85. The monoisotopic (exact) mass is 392 g/mol. The number of aromatic nitrogens is 1. The zero-order valence-electron chi connectivity index (χ0n) is 15.1. The minimum Gasteiger partial charge on any atom is -0.496 e. The summed E-state index contributed by atoms with van der Waals surface area (Å²) in [5.41, 5.74) is 3.60. The van der Waals surface area contributed by atoms with Crippen molar-refractivity contribution in [3.05, 3.63) is 77.3 Å². The van der Waals surface area contributed by atoms with E-state index in [2.05, 4.69) is 10.3 Å². The summed E-state index contributed by atoms with van der Waals surface area (Å²) >= 11 is 6.01. The van der Waals surface area contributed by atoms with Gasteiger partial charge in [-0.25, -0.2) is 4.98 Å². The molecule has 0 aliphatic carbocycles. The summed E-state index contributed by atoms with van der Waals surface area (Å²) in [5.74, 6) is 1.03. The number of hydrogen-bond donors (Lipinski definition) is 1. The van der Waals surface area contributed by atoms with E-state index in [1.165, 1.54) is 0 Å². The Hall–Kier alpha value is -3.31. The number of fused-ring (bicyclic) bond motifs is 1. The molecule has 28 heavy (non-hydrogen) atoms. The Morgan fingerprint density at radius 3 is 2.82 bits per heavy atom. The smallest absolute Gasteiger partial charge is 0.228 e. The van der Waals surface area contributed by atoms with Crippen LogP contribution >= 0.6 is 11.6 Å². The van der Waals surface area contributed by atoms with Crippen LogP contribution in [0.5, 0.6) is 5.75 Å². The predicted octanol–water partition coefficient (Wildman–Crippen LogP) is 5.34. The lowest BCUT2D eigenvalue weighted by atomic mass is 10.1. The number of amides is 1. The molecule has 0 fully saturated rings. The molecule has 0 aliphatic rings. The van der Waals surface area contributed by atoms with Crippen molar-refractivity contribution >= 4 is 34.3 Å². The van der Waals surface area contributed by atoms with E-state index in [0.29, 0.717) is 33.4 Å². The third-order valence-electron chi connectivity index (χ3n) is 4.29. The van der Waals surface area contributed by atoms with Gasteiger partial charge in [-0.05, 0) is 42.5 Å². The number of oxazole rings is 1. The molecule has 140 valence electrons. The highest BCUT2D eigenvalue weighted by molar-refractivity contribution is 6.31. The van der Waals surface area contributed by atoms with Gasteiger partial charge in [0.1, 0.15) is 11.3 Å². The van der Waals surface area contributed by atoms with Crippen LogP contribution in [0.4, 0.5) is 5.69 Å². The number of carbonyl (C=O) groups excluding carboxylic acids is 1. The topological polar surface area (TPSA) is 64.4 Å². The molecule has 1 N–H and O–H groups in total. The molecule has 0 aliphatic heterocycles. The average molecular weight is 393 g/mol. The molecule has 0 saturated heterocycles. The largest absolute Gasteiger partial charge is 0.496 e. The first-order valence-corrected chi connectivity index (χ1v) is 9.08. The Labute approximate surface area is 166 Å². The molecule has 0 unspecified atom stereocenters. The van der Waals surface area contributed by atoms with E-state index in [9.17, 15) is 4.79 Å². The third-order valence-corrected chi connectivity index (χ3v) is 4.52. The molecule has 3 aromatic carbocycles. The number of halogens is 1. The Morgan fingerprint density at radius 1 is 1.11 bits per heavy atom. The van der Waals surface area contributed by atoms with Crippen LogP contribution in [0, 0.1) is 0 Å². The number of benzene rings is 3. The molecule has 1 aromatic heterocycles. The number of nitrogens with one attached hydrogen (secondary N) is 1. The second-order valence-electron chi connectivity index (χ2n) is 6.25. The summed E-state index contributed by atoms with van der Waals surface area (Å²) in [6, 6.07) is 20.1. The molecular formula is C22H17ClN2O3. The molecule has 0 bridgehead atoms. The molecule has 6 heteroatoms. The van der Waals surface area contributed by atoms with E-state index in [1.54, 1.807) is 25.3 Å². The highest BCUT2D eigenvalue weighted by Gasteiger charge is 2.12. The zero-order valence-corrected chi connectivity index (χ0v) is 15.9. The molecule has 4 aromatic rings. The Balaban J connectivity index is 1.54. The molecular weight excluding hydrogens is 376 g/mol. The van der Waals surface area contributed by atoms with Gasteiger partial charge >= 0.3 is 0 Å². The first-order valence-electron chi connectivity index (χ1n) is 8.70. The lowest BCUT2D eigenvalue weighted by molar-refractivity contribution is -0.115. The van der Waals surface area contributed by atoms with E-state index >= 15 is 0 Å². The highest BCUT2D eigenvalue weighted by atomic mass is 35.5. The summed E-state index contributed by atoms with van der Waals surface area (Å²) in [5, 5.41) is 3.51. The van der Waals surface area contributed by atoms with Crippen molar-refractivity contribution < 1.29 is 13.9 Å². The summed E-state index contributed by atoms with van der Waals surface area (Å²) in [4.78, 5) is 16.9. The van der Waals surface area contributed by atoms with Gasteiger partial charge in [-0.15, -0.1) is 0 Å². The van der Waals surface area contributed by atoms with Crippen LogP contribution in [0.3, 0.4) is 0 Å². The number of hydrogen-bond acceptors (Lipinski definition) is 4. The van der Waals surface area contributed by atoms with E-state index in [0.717, 1.165) is 11.1 Å². The second kappa shape index (κ2) is 7.74. The van der Waals surface area contributed by atoms with Crippen LogP contribution in [0.2, 0.25) is 5.02 Å². The van der Waals surface area contributed by atoms with E-state index in [4.69, 9.17) is 20.8 Å². The van der Waals surface area contributed by atoms with Gasteiger partial charge in [0, 0.05) is 21.8 Å². The van der Waals surface area contributed by atoms with Gasteiger partial charge in [0.15, 0.2) is 5.58 Å². The van der Waals surface area contributed by atoms with Crippen molar-refractivity contribution in [2.75, 3.05) is 12.4 Å². The Kier molecular flexibility index (Phi) is 5.00. The number of nitrogens with zero attached hydrogens (tertiary/aromatic N) is 1. The standard InChI is InChI=1S/C22H17ClN2O3/c1-27-19-8-3-2-5-14(19)12-21(26)24-17-7-4-6-15(11-17)22-25-18-13-16(23)9-10-20(18)28-22/h2-11,13H,12H2,1H3,(H,24,26). The van der Waals surface area contributed by atoms with Gasteiger partial charge < -0.3 is 14.5 Å². The molecule has 1 amide bonds. The molecule has 4 rings (SSSR count). The van der Waals surface area contributed by atoms with Gasteiger partial charge in [-0.1, -0.05) is 35.9 Å². The molecule has 0 spiro atoms. The van der Waals surface area contributed by atoms with Crippen LogP contribution in [0.25, 0.3) is 22.6 Å². The Morgan fingerprint density at radius 2 is 1.96 bits per heavy atom. The van der Waals surface area contributed by atoms with Gasteiger partial charge in [-0.3, -0.25) is 4.79 Å². The maximum atomic E-state index is 12.5. The van der Waals surface area contributed by atoms with Crippen LogP contribution in [0.1, 0.15) is 5.56 Å². The SMILES string of the molecule is COc1ccccc1CC(=O)Nc1cccc(-c2nc3cc(Cl)ccc3o2)c1. The Bertz CT molecular complexity index is 1150. The number of anilines is 1. The van der Waals surface area contributed by atoms with Crippen LogP contribution < -0.4 is 10.1 Å². The molecule has 0 atom stereocenters. The van der Waals surface area contributed by atoms with Gasteiger partial charge in [-0.2, -0.15) is 0 Å². The first-order chi connectivity index (χ1) is 13.6. The van der Waals surface area contributed by atoms with Gasteiger partial charge in [0.25, 0.3) is 0 Å². The molecule has 1 heterocycles. The van der Waals surface area contributed by atoms with Crippen LogP contribution in [-0.2, 0) is 11.2 Å². The van der Waals surface area contributed by atoms with E-state index in [1.807, 2.05) is 48.5 Å². The quantitative estimate of drug-likeness (QED) is 0.498. The summed E-state index contributed by atoms with van der Waals surface area (Å²) in [6.45, 7) is 0. The zero-order chi connectivity index (χ0) is 19.5. The number of carbonyl (C=O) groups is 1. The first kappa shape index (κ1) is 18.1. The predicted molar refractivity (Wildman–Crippen MR) is 110 cm³/mol. The van der Waals surface area contributed by atoms with E-state index < -0.39 is 0 Å². The number of para-hydroxylation sites is 1. The van der Waals surface area contributed by atoms with Crippen molar-refractivity contribution in [2.45, 2.75) is 6.42 Å². The lowest BCUT2D eigenvalue weighted by Gasteiger charge is -2.09. The molecule has 0 saturated carbocycles.